The lowest BCUT2D eigenvalue weighted by atomic mass is 9.91. The zero-order valence-corrected chi connectivity index (χ0v) is 11.3. The summed E-state index contributed by atoms with van der Waals surface area (Å²) < 4.78 is 0. The van der Waals surface area contributed by atoms with Gasteiger partial charge in [-0.3, -0.25) is 0 Å². The molecule has 100 valence electrons. The number of anilines is 1. The highest BCUT2D eigenvalue weighted by atomic mass is 16.3. The Labute approximate surface area is 109 Å². The molecule has 1 unspecified atom stereocenters. The quantitative estimate of drug-likeness (QED) is 0.862. The predicted octanol–water partition coefficient (Wildman–Crippen LogP) is 2.08. The molecule has 1 aromatic carbocycles. The minimum atomic E-state index is -0.190. The molecule has 0 saturated carbocycles. The Morgan fingerprint density at radius 2 is 2.00 bits per heavy atom. The van der Waals surface area contributed by atoms with Crippen molar-refractivity contribution in [1.29, 1.82) is 0 Å². The first kappa shape index (κ1) is 13.4. The second kappa shape index (κ2) is 5.72. The summed E-state index contributed by atoms with van der Waals surface area (Å²) in [6.45, 7) is 6.10. The summed E-state index contributed by atoms with van der Waals surface area (Å²) in [4.78, 5) is 2.38. The number of benzene rings is 1. The van der Waals surface area contributed by atoms with Crippen LogP contribution in [0.5, 0.6) is 0 Å². The van der Waals surface area contributed by atoms with E-state index < -0.39 is 0 Å². The van der Waals surface area contributed by atoms with Crippen molar-refractivity contribution in [2.45, 2.75) is 39.4 Å². The molecule has 1 aromatic rings. The third kappa shape index (κ3) is 2.85. The van der Waals surface area contributed by atoms with Crippen LogP contribution in [0.1, 0.15) is 30.9 Å². The van der Waals surface area contributed by atoms with Crippen molar-refractivity contribution in [3.63, 3.8) is 0 Å². The van der Waals surface area contributed by atoms with Gasteiger partial charge in [0.05, 0.1) is 12.7 Å². The standard InChI is InChI=1S/C15H23NO2/c1-11-9-13(10-17)3-4-15(11)16-7-5-14(6-8-16)12(2)18/h3-4,9,12,14,17-18H,5-8,10H2,1-2H3. The molecule has 0 spiro atoms. The van der Waals surface area contributed by atoms with E-state index in [0.29, 0.717) is 5.92 Å². The highest BCUT2D eigenvalue weighted by Gasteiger charge is 2.23. The van der Waals surface area contributed by atoms with Gasteiger partial charge in [0.1, 0.15) is 0 Å². The van der Waals surface area contributed by atoms with Crippen LogP contribution in [-0.4, -0.2) is 29.4 Å². The molecular weight excluding hydrogens is 226 g/mol. The van der Waals surface area contributed by atoms with E-state index in [1.54, 1.807) is 0 Å². The summed E-state index contributed by atoms with van der Waals surface area (Å²) in [5.41, 5.74) is 3.45. The zero-order chi connectivity index (χ0) is 13.1. The summed E-state index contributed by atoms with van der Waals surface area (Å²) in [6, 6.07) is 6.14. The molecule has 2 rings (SSSR count). The molecule has 1 aliphatic rings. The van der Waals surface area contributed by atoms with E-state index in [9.17, 15) is 5.11 Å². The van der Waals surface area contributed by atoms with Crippen LogP contribution in [0.2, 0.25) is 0 Å². The maximum absolute atomic E-state index is 9.61. The van der Waals surface area contributed by atoms with Crippen molar-refractivity contribution in [2.75, 3.05) is 18.0 Å². The summed E-state index contributed by atoms with van der Waals surface area (Å²) in [5, 5.41) is 18.7. The van der Waals surface area contributed by atoms with Gasteiger partial charge in [-0.25, -0.2) is 0 Å². The van der Waals surface area contributed by atoms with Gasteiger partial charge in [0.25, 0.3) is 0 Å². The first-order valence-electron chi connectivity index (χ1n) is 6.75. The Hall–Kier alpha value is -1.06. The number of rotatable bonds is 3. The van der Waals surface area contributed by atoms with Crippen LogP contribution in [0.4, 0.5) is 5.69 Å². The van der Waals surface area contributed by atoms with Crippen LogP contribution in [0.25, 0.3) is 0 Å². The number of nitrogens with zero attached hydrogens (tertiary/aromatic N) is 1. The first-order chi connectivity index (χ1) is 8.61. The summed E-state index contributed by atoms with van der Waals surface area (Å²) >= 11 is 0. The maximum Gasteiger partial charge on any atom is 0.0681 e. The van der Waals surface area contributed by atoms with Crippen molar-refractivity contribution >= 4 is 5.69 Å². The van der Waals surface area contributed by atoms with E-state index in [1.165, 1.54) is 11.3 Å². The Kier molecular flexibility index (Phi) is 4.25. The minimum Gasteiger partial charge on any atom is -0.393 e. The number of aliphatic hydroxyl groups excluding tert-OH is 2. The molecule has 1 aliphatic heterocycles. The lowest BCUT2D eigenvalue weighted by Gasteiger charge is -2.35. The zero-order valence-electron chi connectivity index (χ0n) is 11.3. The third-order valence-corrected chi connectivity index (χ3v) is 4.01. The van der Waals surface area contributed by atoms with Gasteiger partial charge in [0, 0.05) is 18.8 Å². The maximum atomic E-state index is 9.61. The van der Waals surface area contributed by atoms with Gasteiger partial charge in [-0.15, -0.1) is 0 Å². The van der Waals surface area contributed by atoms with E-state index in [1.807, 2.05) is 13.0 Å². The average Bonchev–Trinajstić information content (AvgIpc) is 2.38. The Morgan fingerprint density at radius 3 is 2.50 bits per heavy atom. The van der Waals surface area contributed by atoms with E-state index in [2.05, 4.69) is 24.0 Å². The molecule has 0 amide bonds. The van der Waals surface area contributed by atoms with Crippen molar-refractivity contribution < 1.29 is 10.2 Å². The highest BCUT2D eigenvalue weighted by molar-refractivity contribution is 5.54. The van der Waals surface area contributed by atoms with Gasteiger partial charge in [0.2, 0.25) is 0 Å². The van der Waals surface area contributed by atoms with Gasteiger partial charge >= 0.3 is 0 Å². The molecule has 1 heterocycles. The Bertz CT molecular complexity index is 395. The first-order valence-corrected chi connectivity index (χ1v) is 6.75. The molecule has 0 bridgehead atoms. The second-order valence-corrected chi connectivity index (χ2v) is 5.34. The van der Waals surface area contributed by atoms with Gasteiger partial charge in [-0.05, 0) is 49.8 Å². The average molecular weight is 249 g/mol. The molecule has 1 fully saturated rings. The highest BCUT2D eigenvalue weighted by Crippen LogP contribution is 2.28. The van der Waals surface area contributed by atoms with Crippen molar-refractivity contribution in [3.8, 4) is 0 Å². The molecule has 2 N–H and O–H groups in total. The number of hydrogen-bond acceptors (Lipinski definition) is 3. The molecule has 1 atom stereocenters. The SMILES string of the molecule is Cc1cc(CO)ccc1N1CCC(C(C)O)CC1. The van der Waals surface area contributed by atoms with Crippen LogP contribution in [0, 0.1) is 12.8 Å². The van der Waals surface area contributed by atoms with Crippen LogP contribution in [0.3, 0.4) is 0 Å². The second-order valence-electron chi connectivity index (χ2n) is 5.34. The molecule has 3 heteroatoms. The number of hydrogen-bond donors (Lipinski definition) is 2. The summed E-state index contributed by atoms with van der Waals surface area (Å²) in [5.74, 6) is 0.443. The van der Waals surface area contributed by atoms with E-state index in [0.717, 1.165) is 31.5 Å². The van der Waals surface area contributed by atoms with Gasteiger partial charge in [0.15, 0.2) is 0 Å². The van der Waals surface area contributed by atoms with Crippen molar-refractivity contribution in [1.82, 2.24) is 0 Å². The lowest BCUT2D eigenvalue weighted by Crippen LogP contribution is -2.37. The molecule has 0 aromatic heterocycles. The number of aryl methyl sites for hydroxylation is 1. The van der Waals surface area contributed by atoms with Gasteiger partial charge < -0.3 is 15.1 Å². The van der Waals surface area contributed by atoms with E-state index >= 15 is 0 Å². The molecule has 18 heavy (non-hydrogen) atoms. The van der Waals surface area contributed by atoms with Crippen molar-refractivity contribution in [3.05, 3.63) is 29.3 Å². The van der Waals surface area contributed by atoms with Crippen LogP contribution >= 0.6 is 0 Å². The lowest BCUT2D eigenvalue weighted by molar-refractivity contribution is 0.110. The third-order valence-electron chi connectivity index (χ3n) is 4.01. The topological polar surface area (TPSA) is 43.7 Å². The minimum absolute atomic E-state index is 0.102. The van der Waals surface area contributed by atoms with E-state index in [4.69, 9.17) is 5.11 Å². The smallest absolute Gasteiger partial charge is 0.0681 e. The largest absolute Gasteiger partial charge is 0.393 e. The molecule has 1 saturated heterocycles. The Morgan fingerprint density at radius 1 is 1.33 bits per heavy atom. The number of aliphatic hydroxyl groups is 2. The number of piperidine rings is 1. The molecule has 0 radical (unpaired) electrons. The van der Waals surface area contributed by atoms with Crippen LogP contribution < -0.4 is 4.90 Å². The fraction of sp³-hybridized carbons (Fsp3) is 0.600. The monoisotopic (exact) mass is 249 g/mol. The van der Waals surface area contributed by atoms with Crippen LogP contribution in [0.15, 0.2) is 18.2 Å². The molecule has 0 aliphatic carbocycles. The fourth-order valence-corrected chi connectivity index (χ4v) is 2.79. The predicted molar refractivity (Wildman–Crippen MR) is 73.7 cm³/mol. The molecule has 3 nitrogen and oxygen atoms in total. The van der Waals surface area contributed by atoms with E-state index in [-0.39, 0.29) is 12.7 Å². The van der Waals surface area contributed by atoms with Gasteiger partial charge in [-0.2, -0.15) is 0 Å². The summed E-state index contributed by atoms with van der Waals surface area (Å²) in [6.07, 6.45) is 1.92. The van der Waals surface area contributed by atoms with Gasteiger partial charge in [-0.1, -0.05) is 12.1 Å². The van der Waals surface area contributed by atoms with Crippen molar-refractivity contribution in [2.24, 2.45) is 5.92 Å². The fourth-order valence-electron chi connectivity index (χ4n) is 2.79. The Balaban J connectivity index is 2.05. The molecular formula is C15H23NO2. The van der Waals surface area contributed by atoms with Crippen LogP contribution in [-0.2, 0) is 6.61 Å². The summed E-state index contributed by atoms with van der Waals surface area (Å²) in [7, 11) is 0. The normalized spacial score (nSPS) is 19.0.